The number of aliphatic hydroxyl groups is 1. The van der Waals surface area contributed by atoms with Gasteiger partial charge in [-0.15, -0.1) is 5.10 Å². The minimum Gasteiger partial charge on any atom is -0.393 e. The third kappa shape index (κ3) is 5.72. The van der Waals surface area contributed by atoms with E-state index >= 15 is 0 Å². The van der Waals surface area contributed by atoms with Gasteiger partial charge in [0.15, 0.2) is 0 Å². The predicted octanol–water partition coefficient (Wildman–Crippen LogP) is 9.89. The number of aryl methyl sites for hydroxylation is 2. The highest BCUT2D eigenvalue weighted by Crippen LogP contribution is 2.67. The maximum absolute atomic E-state index is 14.4. The number of hydrogen-bond acceptors (Lipinski definition) is 4. The summed E-state index contributed by atoms with van der Waals surface area (Å²) in [5.74, 6) is 3.41. The van der Waals surface area contributed by atoms with Gasteiger partial charge < -0.3 is 9.58 Å². The van der Waals surface area contributed by atoms with E-state index in [1.165, 1.54) is 32.1 Å². The third-order valence-corrected chi connectivity index (χ3v) is 14.5. The van der Waals surface area contributed by atoms with Crippen molar-refractivity contribution >= 4 is 18.7 Å². The number of benzene rings is 1. The first kappa shape index (κ1) is 35.4. The topological polar surface area (TPSA) is 68.2 Å². The van der Waals surface area contributed by atoms with Crippen molar-refractivity contribution in [2.75, 3.05) is 0 Å². The molecule has 3 fully saturated rings. The fraction of sp³-hybridized carbons (Fsp3) is 0.558. The van der Waals surface area contributed by atoms with Gasteiger partial charge in [0.25, 0.3) is 0 Å². The van der Waals surface area contributed by atoms with Crippen molar-refractivity contribution in [3.05, 3.63) is 88.0 Å². The van der Waals surface area contributed by atoms with Crippen molar-refractivity contribution in [3.63, 3.8) is 0 Å². The van der Waals surface area contributed by atoms with Crippen molar-refractivity contribution in [3.8, 4) is 11.3 Å². The summed E-state index contributed by atoms with van der Waals surface area (Å²) in [7, 11) is -2.66. The highest BCUT2D eigenvalue weighted by molar-refractivity contribution is 6.41. The van der Waals surface area contributed by atoms with Crippen LogP contribution in [-0.4, -0.2) is 43.8 Å². The molecular weight excluding hydrogens is 651 g/mol. The lowest BCUT2D eigenvalue weighted by atomic mass is 9.47. The van der Waals surface area contributed by atoms with E-state index in [-0.39, 0.29) is 11.5 Å². The average Bonchev–Trinajstić information content (AvgIpc) is 3.86. The molecule has 0 saturated heterocycles. The Kier molecular flexibility index (Phi) is 8.91. The van der Waals surface area contributed by atoms with Crippen LogP contribution in [0.25, 0.3) is 16.8 Å². The number of nitrogens with zero attached hydrogens (tertiary/aromatic N) is 5. The molecule has 3 aromatic rings. The van der Waals surface area contributed by atoms with Gasteiger partial charge in [-0.05, 0) is 148 Å². The fourth-order valence-electron chi connectivity index (χ4n) is 12.1. The van der Waals surface area contributed by atoms with Gasteiger partial charge in [0.05, 0.1) is 18.0 Å². The van der Waals surface area contributed by atoms with Gasteiger partial charge in [0, 0.05) is 34.8 Å². The summed E-state index contributed by atoms with van der Waals surface area (Å²) < 4.78 is 32.0. The van der Waals surface area contributed by atoms with Crippen LogP contribution < -0.4 is 0 Å². The molecule has 2 aromatic heterocycles. The van der Waals surface area contributed by atoms with Gasteiger partial charge in [-0.1, -0.05) is 61.9 Å². The molecule has 52 heavy (non-hydrogen) atoms. The highest BCUT2D eigenvalue weighted by Gasteiger charge is 2.59. The van der Waals surface area contributed by atoms with Crippen LogP contribution in [0.4, 0.5) is 8.63 Å². The molecule has 0 spiro atoms. The lowest BCUT2D eigenvalue weighted by Gasteiger charge is -2.58. The zero-order valence-corrected chi connectivity index (χ0v) is 32.0. The minimum absolute atomic E-state index is 0.153. The van der Waals surface area contributed by atoms with Crippen LogP contribution in [0.2, 0.25) is 0 Å². The second-order valence-corrected chi connectivity index (χ2v) is 17.5. The van der Waals surface area contributed by atoms with E-state index in [1.807, 2.05) is 61.9 Å². The fourth-order valence-corrected chi connectivity index (χ4v) is 12.1. The first-order valence-corrected chi connectivity index (χ1v) is 19.6. The minimum atomic E-state index is -2.66. The molecule has 1 aliphatic heterocycles. The number of allylic oxidation sites excluding steroid dienone is 3. The van der Waals surface area contributed by atoms with Gasteiger partial charge in [0.1, 0.15) is 5.69 Å². The normalized spacial score (nSPS) is 32.7. The summed E-state index contributed by atoms with van der Waals surface area (Å²) in [6, 6.07) is 9.87. The predicted molar refractivity (Wildman–Crippen MR) is 206 cm³/mol. The Morgan fingerprint density at radius 2 is 1.79 bits per heavy atom. The molecule has 4 aliphatic carbocycles. The molecule has 1 aromatic carbocycles. The molecule has 8 rings (SSSR count). The van der Waals surface area contributed by atoms with Gasteiger partial charge in [-0.3, -0.25) is 18.3 Å². The zero-order chi connectivity index (χ0) is 36.7. The summed E-state index contributed by atoms with van der Waals surface area (Å²) in [4.78, 5) is 4.80. The Bertz CT molecular complexity index is 2000. The molecule has 0 bridgehead atoms. The molecule has 6 nitrogen and oxygen atoms in total. The second kappa shape index (κ2) is 13.1. The lowest BCUT2D eigenvalue weighted by molar-refractivity contribution is -0.0578. The van der Waals surface area contributed by atoms with Gasteiger partial charge in [-0.25, -0.2) is 0 Å². The van der Waals surface area contributed by atoms with E-state index < -0.39 is 7.40 Å². The number of aliphatic hydroxyl groups excluding tert-OH is 1. The Morgan fingerprint density at radius 1 is 1.02 bits per heavy atom. The molecule has 274 valence electrons. The van der Waals surface area contributed by atoms with E-state index in [4.69, 9.17) is 4.99 Å². The Labute approximate surface area is 308 Å². The molecule has 9 heteroatoms. The van der Waals surface area contributed by atoms with Gasteiger partial charge in [0.2, 0.25) is 0 Å². The summed E-state index contributed by atoms with van der Waals surface area (Å²) in [5, 5.41) is 19.6. The molecular formula is C43H54BF2N5O. The van der Waals surface area contributed by atoms with Crippen LogP contribution in [0, 0.1) is 54.3 Å². The number of aliphatic imine (C=N–C) groups is 1. The van der Waals surface area contributed by atoms with E-state index in [9.17, 15) is 13.7 Å². The average molecular weight is 706 g/mol. The van der Waals surface area contributed by atoms with Crippen molar-refractivity contribution in [1.82, 2.24) is 19.5 Å². The number of hydrogen-bond donors (Lipinski definition) is 1. The quantitative estimate of drug-likeness (QED) is 0.197. The monoisotopic (exact) mass is 705 g/mol. The molecule has 5 aliphatic rings. The molecule has 8 atom stereocenters. The van der Waals surface area contributed by atoms with Crippen molar-refractivity contribution in [2.45, 2.75) is 112 Å². The van der Waals surface area contributed by atoms with Crippen LogP contribution in [0.3, 0.4) is 0 Å². The van der Waals surface area contributed by atoms with E-state index in [1.54, 1.807) is 12.5 Å². The molecule has 1 N–H and O–H groups in total. The first-order valence-electron chi connectivity index (χ1n) is 19.6. The molecule has 3 saturated carbocycles. The van der Waals surface area contributed by atoms with Crippen LogP contribution >= 0.6 is 0 Å². The zero-order valence-electron chi connectivity index (χ0n) is 32.0. The Morgan fingerprint density at radius 3 is 2.50 bits per heavy atom. The lowest BCUT2D eigenvalue weighted by Crippen LogP contribution is -2.51. The van der Waals surface area contributed by atoms with Crippen molar-refractivity contribution in [1.29, 1.82) is 0 Å². The summed E-state index contributed by atoms with van der Waals surface area (Å²) in [5.41, 5.74) is 9.88. The van der Waals surface area contributed by atoms with E-state index in [2.05, 4.69) is 43.4 Å². The van der Waals surface area contributed by atoms with Gasteiger partial charge in [-0.2, -0.15) is 0 Å². The SMILES string of the molecule is CC1=CC(C)=N/C1=C(/c1ccc(-c2cn(C[C@@H](C)C3CCC4C5CC=C6C[C@@H](O)CC[C@]6(C)C5CC[C@@]43C)nn2)cc1)c1c(C)cc(C)n1B(F)F. The van der Waals surface area contributed by atoms with Crippen molar-refractivity contribution < 1.29 is 13.7 Å². The van der Waals surface area contributed by atoms with Crippen LogP contribution in [0.1, 0.15) is 109 Å². The maximum atomic E-state index is 14.4. The number of fused-ring (bicyclic) bond motifs is 5. The largest absolute Gasteiger partial charge is 0.677 e. The van der Waals surface area contributed by atoms with E-state index in [0.29, 0.717) is 34.2 Å². The van der Waals surface area contributed by atoms with Crippen molar-refractivity contribution in [2.24, 2.45) is 45.4 Å². The summed E-state index contributed by atoms with van der Waals surface area (Å²) in [6.07, 6.45) is 15.8. The molecule has 4 unspecified atom stereocenters. The smallest absolute Gasteiger partial charge is 0.393 e. The third-order valence-electron chi connectivity index (χ3n) is 14.5. The van der Waals surface area contributed by atoms with Crippen LogP contribution in [0.15, 0.2) is 70.5 Å². The molecule has 0 radical (unpaired) electrons. The first-order chi connectivity index (χ1) is 24.8. The summed E-state index contributed by atoms with van der Waals surface area (Å²) in [6.45, 7) is 15.9. The standard InChI is InChI=1S/C43H54BF2N5O/c1-25-20-28(4)47-40(25)39(41-26(2)21-29(5)51(41)44(45)46)31-10-8-30(9-11-31)38-24-50(49-48-38)23-27(3)35-14-15-36-34-13-12-32-22-33(52)16-18-42(32,6)37(34)17-19-43(35,36)7/h8-12,20-21,24,27,33-37,52H,13-19,22-23H2,1-7H3/b40-39-/t27-,33+,34?,35?,36?,37?,42+,43-/m1/s1. The second-order valence-electron chi connectivity index (χ2n) is 17.5. The maximum Gasteiger partial charge on any atom is 0.677 e. The van der Waals surface area contributed by atoms with Crippen LogP contribution in [0.5, 0.6) is 0 Å². The highest BCUT2D eigenvalue weighted by atomic mass is 19.2. The van der Waals surface area contributed by atoms with Gasteiger partial charge >= 0.3 is 7.40 Å². The Hall–Kier alpha value is -3.59. The van der Waals surface area contributed by atoms with Crippen LogP contribution in [-0.2, 0) is 6.54 Å². The number of rotatable bonds is 7. The number of aromatic nitrogens is 4. The van der Waals surface area contributed by atoms with E-state index in [0.717, 1.165) is 87.4 Å². The molecule has 3 heterocycles. The summed E-state index contributed by atoms with van der Waals surface area (Å²) >= 11 is 0. The number of halogens is 2. The Balaban J connectivity index is 1.00. The molecule has 0 amide bonds.